The number of rotatable bonds is 8. The van der Waals surface area contributed by atoms with Crippen LogP contribution in [0.15, 0.2) is 24.3 Å². The van der Waals surface area contributed by atoms with E-state index in [4.69, 9.17) is 5.73 Å². The number of hydrogen-bond donors (Lipinski definition) is 1. The molecule has 0 aromatic heterocycles. The van der Waals surface area contributed by atoms with E-state index in [0.29, 0.717) is 11.8 Å². The molecule has 15 heavy (non-hydrogen) atoms. The van der Waals surface area contributed by atoms with Crippen molar-refractivity contribution in [1.82, 2.24) is 0 Å². The molecule has 0 aliphatic heterocycles. The van der Waals surface area contributed by atoms with Crippen LogP contribution < -0.4 is 5.73 Å². The summed E-state index contributed by atoms with van der Waals surface area (Å²) in [5, 5.41) is 0. The van der Waals surface area contributed by atoms with Crippen LogP contribution in [0, 0.1) is 11.8 Å². The lowest BCUT2D eigenvalue weighted by atomic mass is 9.86. The molecule has 2 N–H and O–H groups in total. The highest BCUT2D eigenvalue weighted by Gasteiger charge is 2.12. The normalized spacial score (nSPS) is 15.5. The Balaban J connectivity index is 4.16. The molecule has 0 aliphatic rings. The summed E-state index contributed by atoms with van der Waals surface area (Å²) in [5.41, 5.74) is 6.93. The van der Waals surface area contributed by atoms with E-state index >= 15 is 0 Å². The van der Waals surface area contributed by atoms with Crippen molar-refractivity contribution in [1.29, 1.82) is 0 Å². The Morgan fingerprint density at radius 2 is 2.13 bits per heavy atom. The van der Waals surface area contributed by atoms with E-state index < -0.39 is 0 Å². The van der Waals surface area contributed by atoms with Crippen LogP contribution in [0.2, 0.25) is 0 Å². The second kappa shape index (κ2) is 8.72. The molecule has 0 saturated carbocycles. The van der Waals surface area contributed by atoms with Crippen LogP contribution in [0.1, 0.15) is 46.5 Å². The van der Waals surface area contributed by atoms with E-state index in [-0.39, 0.29) is 0 Å². The van der Waals surface area contributed by atoms with Crippen LogP contribution in [0.5, 0.6) is 0 Å². The highest BCUT2D eigenvalue weighted by atomic mass is 14.5. The Morgan fingerprint density at radius 3 is 2.53 bits per heavy atom. The number of hydrogen-bond acceptors (Lipinski definition) is 1. The molecular formula is C14H27N. The minimum atomic E-state index is 0.714. The van der Waals surface area contributed by atoms with E-state index in [9.17, 15) is 0 Å². The summed E-state index contributed by atoms with van der Waals surface area (Å²) in [5.74, 6) is 1.43. The van der Waals surface area contributed by atoms with Crippen molar-refractivity contribution in [3.8, 4) is 0 Å². The van der Waals surface area contributed by atoms with Crippen molar-refractivity contribution in [3.63, 3.8) is 0 Å². The molecule has 0 aliphatic carbocycles. The summed E-state index contributed by atoms with van der Waals surface area (Å²) in [6.45, 7) is 11.3. The van der Waals surface area contributed by atoms with Crippen LogP contribution in [0.3, 0.4) is 0 Å². The maximum atomic E-state index is 5.65. The summed E-state index contributed by atoms with van der Waals surface area (Å²) in [6, 6.07) is 0. The van der Waals surface area contributed by atoms with Crippen molar-refractivity contribution in [2.24, 2.45) is 17.6 Å². The maximum Gasteiger partial charge on any atom is -0.00745 e. The summed E-state index contributed by atoms with van der Waals surface area (Å²) >= 11 is 0. The summed E-state index contributed by atoms with van der Waals surface area (Å²) in [4.78, 5) is 0. The van der Waals surface area contributed by atoms with Crippen LogP contribution in [0.25, 0.3) is 0 Å². The molecule has 0 rings (SSSR count). The first-order valence-corrected chi connectivity index (χ1v) is 6.11. The van der Waals surface area contributed by atoms with Crippen molar-refractivity contribution in [3.05, 3.63) is 24.3 Å². The van der Waals surface area contributed by atoms with Gasteiger partial charge < -0.3 is 5.73 Å². The molecule has 2 atom stereocenters. The fourth-order valence-electron chi connectivity index (χ4n) is 2.11. The topological polar surface area (TPSA) is 26.0 Å². The van der Waals surface area contributed by atoms with Gasteiger partial charge in [-0.05, 0) is 57.9 Å². The van der Waals surface area contributed by atoms with Gasteiger partial charge in [-0.3, -0.25) is 0 Å². The SMILES string of the molecule is C=C(C)CC(CCN)CC(C=CC)CC. The molecule has 0 bridgehead atoms. The molecule has 0 heterocycles. The summed E-state index contributed by atoms with van der Waals surface area (Å²) in [7, 11) is 0. The van der Waals surface area contributed by atoms with E-state index in [0.717, 1.165) is 19.4 Å². The third kappa shape index (κ3) is 7.38. The first kappa shape index (κ1) is 14.4. The largest absolute Gasteiger partial charge is 0.330 e. The molecule has 0 spiro atoms. The van der Waals surface area contributed by atoms with E-state index in [1.165, 1.54) is 18.4 Å². The standard InChI is InChI=1S/C14H27N/c1-5-7-13(6-2)11-14(8-9-15)10-12(3)4/h5,7,13-14H,3,6,8-11,15H2,1-2,4H3. The molecule has 1 heteroatoms. The Hall–Kier alpha value is -0.560. The second-order valence-corrected chi connectivity index (χ2v) is 4.53. The summed E-state index contributed by atoms with van der Waals surface area (Å²) in [6.07, 6.45) is 9.22. The molecule has 0 amide bonds. The second-order valence-electron chi connectivity index (χ2n) is 4.53. The van der Waals surface area contributed by atoms with Gasteiger partial charge >= 0.3 is 0 Å². The number of allylic oxidation sites excluding steroid dienone is 3. The van der Waals surface area contributed by atoms with Gasteiger partial charge in [0, 0.05) is 0 Å². The third-order valence-electron chi connectivity index (χ3n) is 2.84. The Morgan fingerprint density at radius 1 is 1.47 bits per heavy atom. The van der Waals surface area contributed by atoms with Gasteiger partial charge in [-0.25, -0.2) is 0 Å². The fraction of sp³-hybridized carbons (Fsp3) is 0.714. The molecular weight excluding hydrogens is 182 g/mol. The van der Waals surface area contributed by atoms with E-state index in [2.05, 4.69) is 39.5 Å². The Bertz CT molecular complexity index is 194. The van der Waals surface area contributed by atoms with Gasteiger partial charge in [0.05, 0.1) is 0 Å². The highest BCUT2D eigenvalue weighted by molar-refractivity contribution is 4.93. The fourth-order valence-corrected chi connectivity index (χ4v) is 2.11. The summed E-state index contributed by atoms with van der Waals surface area (Å²) < 4.78 is 0. The number of nitrogens with two attached hydrogens (primary N) is 1. The molecule has 2 unspecified atom stereocenters. The Labute approximate surface area is 95.4 Å². The average molecular weight is 209 g/mol. The minimum absolute atomic E-state index is 0.714. The van der Waals surface area contributed by atoms with Gasteiger partial charge in [0.1, 0.15) is 0 Å². The smallest absolute Gasteiger partial charge is 0.00745 e. The van der Waals surface area contributed by atoms with Crippen molar-refractivity contribution in [2.75, 3.05) is 6.54 Å². The molecule has 1 nitrogen and oxygen atoms in total. The van der Waals surface area contributed by atoms with Gasteiger partial charge in [0.15, 0.2) is 0 Å². The van der Waals surface area contributed by atoms with Crippen molar-refractivity contribution < 1.29 is 0 Å². The first-order valence-electron chi connectivity index (χ1n) is 6.11. The lowest BCUT2D eigenvalue weighted by Crippen LogP contribution is -2.12. The van der Waals surface area contributed by atoms with E-state index in [1.807, 2.05) is 0 Å². The van der Waals surface area contributed by atoms with Gasteiger partial charge in [0.2, 0.25) is 0 Å². The van der Waals surface area contributed by atoms with Gasteiger partial charge in [-0.15, -0.1) is 6.58 Å². The molecule has 0 aromatic rings. The van der Waals surface area contributed by atoms with Gasteiger partial charge in [-0.2, -0.15) is 0 Å². The Kier molecular flexibility index (Phi) is 8.40. The van der Waals surface area contributed by atoms with Crippen LogP contribution in [-0.2, 0) is 0 Å². The average Bonchev–Trinajstić information content (AvgIpc) is 2.16. The lowest BCUT2D eigenvalue weighted by Gasteiger charge is -2.20. The zero-order valence-corrected chi connectivity index (χ0v) is 10.6. The van der Waals surface area contributed by atoms with Crippen molar-refractivity contribution >= 4 is 0 Å². The first-order chi connectivity index (χ1) is 7.13. The lowest BCUT2D eigenvalue weighted by molar-refractivity contribution is 0.387. The van der Waals surface area contributed by atoms with Crippen molar-refractivity contribution in [2.45, 2.75) is 46.5 Å². The predicted molar refractivity (Wildman–Crippen MR) is 69.8 cm³/mol. The maximum absolute atomic E-state index is 5.65. The van der Waals surface area contributed by atoms with Gasteiger partial charge in [-0.1, -0.05) is 24.6 Å². The minimum Gasteiger partial charge on any atom is -0.330 e. The van der Waals surface area contributed by atoms with E-state index in [1.54, 1.807) is 0 Å². The zero-order valence-electron chi connectivity index (χ0n) is 10.6. The molecule has 0 radical (unpaired) electrons. The molecule has 88 valence electrons. The molecule has 0 saturated heterocycles. The zero-order chi connectivity index (χ0) is 11.7. The quantitative estimate of drug-likeness (QED) is 0.603. The van der Waals surface area contributed by atoms with Crippen LogP contribution >= 0.6 is 0 Å². The van der Waals surface area contributed by atoms with Crippen LogP contribution in [-0.4, -0.2) is 6.54 Å². The monoisotopic (exact) mass is 209 g/mol. The van der Waals surface area contributed by atoms with Crippen LogP contribution in [0.4, 0.5) is 0 Å². The van der Waals surface area contributed by atoms with Gasteiger partial charge in [0.25, 0.3) is 0 Å². The molecule has 0 fully saturated rings. The third-order valence-corrected chi connectivity index (χ3v) is 2.84. The predicted octanol–water partition coefficient (Wildman–Crippen LogP) is 3.91. The molecule has 0 aromatic carbocycles. The highest BCUT2D eigenvalue weighted by Crippen LogP contribution is 2.24.